The summed E-state index contributed by atoms with van der Waals surface area (Å²) in [5, 5.41) is 5.69. The molecule has 4 heterocycles. The molecular formula is C23H29N7O. The first-order chi connectivity index (χ1) is 15.1. The van der Waals surface area contributed by atoms with Gasteiger partial charge in [0.2, 0.25) is 0 Å². The van der Waals surface area contributed by atoms with E-state index in [9.17, 15) is 4.79 Å². The highest BCUT2D eigenvalue weighted by Gasteiger charge is 2.26. The van der Waals surface area contributed by atoms with Gasteiger partial charge in [-0.3, -0.25) is 4.79 Å². The summed E-state index contributed by atoms with van der Waals surface area (Å²) >= 11 is 0. The quantitative estimate of drug-likeness (QED) is 0.644. The molecule has 162 valence electrons. The minimum Gasteiger partial charge on any atom is -0.368 e. The van der Waals surface area contributed by atoms with Crippen LogP contribution in [0.3, 0.4) is 0 Å². The van der Waals surface area contributed by atoms with E-state index in [4.69, 9.17) is 0 Å². The van der Waals surface area contributed by atoms with Gasteiger partial charge in [0.15, 0.2) is 0 Å². The highest BCUT2D eigenvalue weighted by molar-refractivity contribution is 5.92. The van der Waals surface area contributed by atoms with Crippen LogP contribution in [0.1, 0.15) is 24.4 Å². The molecule has 5 rings (SSSR count). The van der Waals surface area contributed by atoms with Gasteiger partial charge in [-0.05, 0) is 38.4 Å². The van der Waals surface area contributed by atoms with Crippen molar-refractivity contribution in [1.82, 2.24) is 24.6 Å². The maximum absolute atomic E-state index is 13.0. The van der Waals surface area contributed by atoms with E-state index in [2.05, 4.69) is 49.8 Å². The van der Waals surface area contributed by atoms with Crippen molar-refractivity contribution in [3.63, 3.8) is 0 Å². The summed E-state index contributed by atoms with van der Waals surface area (Å²) < 4.78 is 1.67. The highest BCUT2D eigenvalue weighted by Crippen LogP contribution is 2.30. The molecule has 3 aromatic rings. The number of piperazine rings is 1. The van der Waals surface area contributed by atoms with Gasteiger partial charge in [0, 0.05) is 50.7 Å². The van der Waals surface area contributed by atoms with Gasteiger partial charge in [-0.25, -0.2) is 14.6 Å². The molecule has 2 fully saturated rings. The Kier molecular flexibility index (Phi) is 5.31. The molecule has 2 saturated heterocycles. The second-order valence-electron chi connectivity index (χ2n) is 8.70. The monoisotopic (exact) mass is 419 g/mol. The van der Waals surface area contributed by atoms with Crippen LogP contribution in [0, 0.1) is 6.92 Å². The molecule has 1 aromatic carbocycles. The van der Waals surface area contributed by atoms with Gasteiger partial charge >= 0.3 is 0 Å². The van der Waals surface area contributed by atoms with Crippen molar-refractivity contribution in [2.45, 2.75) is 25.8 Å². The zero-order valence-electron chi connectivity index (χ0n) is 18.2. The number of hydrogen-bond acceptors (Lipinski definition) is 7. The maximum atomic E-state index is 13.0. The molecule has 8 nitrogen and oxygen atoms in total. The largest absolute Gasteiger partial charge is 0.368 e. The molecular weight excluding hydrogens is 390 g/mol. The molecule has 2 aromatic heterocycles. The fourth-order valence-electron chi connectivity index (χ4n) is 4.77. The normalized spacial score (nSPS) is 20.4. The van der Waals surface area contributed by atoms with Crippen molar-refractivity contribution >= 4 is 22.4 Å². The smallest absolute Gasteiger partial charge is 0.269 e. The molecule has 0 spiro atoms. The van der Waals surface area contributed by atoms with Crippen LogP contribution < -0.4 is 15.4 Å². The van der Waals surface area contributed by atoms with E-state index in [1.165, 1.54) is 5.56 Å². The van der Waals surface area contributed by atoms with Crippen LogP contribution in [0.15, 0.2) is 41.6 Å². The third-order valence-electron chi connectivity index (χ3n) is 6.57. The van der Waals surface area contributed by atoms with Gasteiger partial charge in [-0.15, -0.1) is 0 Å². The summed E-state index contributed by atoms with van der Waals surface area (Å²) in [6.07, 6.45) is 5.43. The molecule has 0 radical (unpaired) electrons. The van der Waals surface area contributed by atoms with E-state index in [1.54, 1.807) is 17.1 Å². The van der Waals surface area contributed by atoms with Gasteiger partial charge in [-0.1, -0.05) is 12.1 Å². The Balaban J connectivity index is 1.40. The lowest BCUT2D eigenvalue weighted by atomic mass is 10.0. The number of anilines is 2. The average Bonchev–Trinajstić information content (AvgIpc) is 2.79. The van der Waals surface area contributed by atoms with Crippen molar-refractivity contribution in [2.75, 3.05) is 56.1 Å². The topological polar surface area (TPSA) is 70.4 Å². The Morgan fingerprint density at radius 2 is 1.87 bits per heavy atom. The lowest BCUT2D eigenvalue weighted by Gasteiger charge is -2.35. The minimum atomic E-state index is -0.0213. The minimum absolute atomic E-state index is 0.0213. The zero-order chi connectivity index (χ0) is 21.4. The number of hydrogen-bond donors (Lipinski definition) is 0. The van der Waals surface area contributed by atoms with Crippen molar-refractivity contribution in [2.24, 2.45) is 0 Å². The van der Waals surface area contributed by atoms with E-state index >= 15 is 0 Å². The summed E-state index contributed by atoms with van der Waals surface area (Å²) in [6, 6.07) is 7.94. The molecule has 1 atom stereocenters. The second kappa shape index (κ2) is 8.26. The van der Waals surface area contributed by atoms with Gasteiger partial charge in [0.1, 0.15) is 12.1 Å². The van der Waals surface area contributed by atoms with E-state index in [0.29, 0.717) is 0 Å². The number of likely N-dealkylation sites (N-methyl/N-ethyl adjacent to an activating group) is 1. The van der Waals surface area contributed by atoms with Gasteiger partial charge in [0.05, 0.1) is 23.4 Å². The van der Waals surface area contributed by atoms with Crippen LogP contribution >= 0.6 is 0 Å². The summed E-state index contributed by atoms with van der Waals surface area (Å²) in [6.45, 7) is 7.62. The van der Waals surface area contributed by atoms with Crippen LogP contribution in [0.4, 0.5) is 11.5 Å². The third-order valence-corrected chi connectivity index (χ3v) is 6.57. The van der Waals surface area contributed by atoms with Gasteiger partial charge < -0.3 is 14.7 Å². The predicted octanol–water partition coefficient (Wildman–Crippen LogP) is 2.09. The number of nitrogens with zero attached hydrogens (tertiary/aromatic N) is 7. The zero-order valence-corrected chi connectivity index (χ0v) is 18.2. The van der Waals surface area contributed by atoms with Crippen LogP contribution in [-0.4, -0.2) is 71.0 Å². The lowest BCUT2D eigenvalue weighted by Crippen LogP contribution is -2.45. The molecule has 0 bridgehead atoms. The first-order valence-electron chi connectivity index (χ1n) is 11.1. The highest BCUT2D eigenvalue weighted by atomic mass is 16.1. The Hall–Kier alpha value is -3.00. The van der Waals surface area contributed by atoms with Crippen LogP contribution in [0.2, 0.25) is 0 Å². The first-order valence-corrected chi connectivity index (χ1v) is 11.1. The lowest BCUT2D eigenvalue weighted by molar-refractivity contribution is 0.312. The molecule has 0 amide bonds. The Morgan fingerprint density at radius 1 is 1.03 bits per heavy atom. The fourth-order valence-corrected chi connectivity index (χ4v) is 4.77. The molecule has 2 aliphatic heterocycles. The second-order valence-corrected chi connectivity index (χ2v) is 8.70. The number of fused-ring (bicyclic) bond motifs is 1. The van der Waals surface area contributed by atoms with Crippen LogP contribution in [-0.2, 0) is 0 Å². The summed E-state index contributed by atoms with van der Waals surface area (Å²) in [7, 11) is 2.13. The summed E-state index contributed by atoms with van der Waals surface area (Å²) in [5.41, 5.74) is 3.03. The number of aryl methyl sites for hydroxylation is 1. The van der Waals surface area contributed by atoms with E-state index in [1.807, 2.05) is 18.3 Å². The third kappa shape index (κ3) is 3.87. The fraction of sp³-hybridized carbons (Fsp3) is 0.478. The SMILES string of the molecule is Cc1cccc2ncnc(N3CCC[C@@H](n4ncc(N5CCN(C)CC5)cc4=O)C3)c12. The van der Waals surface area contributed by atoms with Crippen LogP contribution in [0.25, 0.3) is 10.9 Å². The molecule has 2 aliphatic rings. The number of aromatic nitrogens is 4. The standard InChI is InChI=1S/C23H29N7O/c1-17-5-3-7-20-22(17)23(25-16-24-20)29-8-4-6-18(15-29)30-21(31)13-19(14-26-30)28-11-9-27(2)10-12-28/h3,5,7,13-14,16,18H,4,6,8-12,15H2,1-2H3/t18-/m1/s1. The van der Waals surface area contributed by atoms with E-state index < -0.39 is 0 Å². The number of piperidine rings is 1. The van der Waals surface area contributed by atoms with Crippen molar-refractivity contribution < 1.29 is 0 Å². The van der Waals surface area contributed by atoms with Crippen LogP contribution in [0.5, 0.6) is 0 Å². The molecule has 8 heteroatoms. The van der Waals surface area contributed by atoms with E-state index in [-0.39, 0.29) is 11.6 Å². The Morgan fingerprint density at radius 3 is 2.68 bits per heavy atom. The molecule has 0 unspecified atom stereocenters. The number of rotatable bonds is 3. The van der Waals surface area contributed by atoms with Crippen molar-refractivity contribution in [3.05, 3.63) is 52.7 Å². The molecule has 31 heavy (non-hydrogen) atoms. The number of benzene rings is 1. The van der Waals surface area contributed by atoms with Gasteiger partial charge in [0.25, 0.3) is 5.56 Å². The Bertz CT molecular complexity index is 1130. The predicted molar refractivity (Wildman–Crippen MR) is 123 cm³/mol. The Labute approximate surface area is 182 Å². The van der Waals surface area contributed by atoms with Gasteiger partial charge in [-0.2, -0.15) is 5.10 Å². The summed E-state index contributed by atoms with van der Waals surface area (Å²) in [4.78, 5) is 28.9. The van der Waals surface area contributed by atoms with Crippen molar-refractivity contribution in [3.8, 4) is 0 Å². The molecule has 0 aliphatic carbocycles. The first kappa shape index (κ1) is 19.9. The average molecular weight is 420 g/mol. The summed E-state index contributed by atoms with van der Waals surface area (Å²) in [5.74, 6) is 0.954. The van der Waals surface area contributed by atoms with Crippen molar-refractivity contribution in [1.29, 1.82) is 0 Å². The molecule has 0 N–H and O–H groups in total. The van der Waals surface area contributed by atoms with E-state index in [0.717, 1.165) is 74.5 Å². The molecule has 0 saturated carbocycles. The maximum Gasteiger partial charge on any atom is 0.269 e.